The molecule has 0 atom stereocenters. The number of hydrogen-bond acceptors (Lipinski definition) is 3. The fourth-order valence-corrected chi connectivity index (χ4v) is 2.59. The number of carboxylic acids is 1. The van der Waals surface area contributed by atoms with Crippen LogP contribution in [0.25, 0.3) is 0 Å². The number of carboxylic acid groups (broad SMARTS) is 1. The molecule has 20 heavy (non-hydrogen) atoms. The summed E-state index contributed by atoms with van der Waals surface area (Å²) < 4.78 is 0. The second-order valence-corrected chi connectivity index (χ2v) is 5.62. The van der Waals surface area contributed by atoms with Crippen molar-refractivity contribution in [3.05, 3.63) is 35.4 Å². The highest BCUT2D eigenvalue weighted by atomic mass is 32.2. The summed E-state index contributed by atoms with van der Waals surface area (Å²) in [6.07, 6.45) is 2.93. The SMILES string of the molecule is CCCCSCC(=O)NCCc1cccc(C(=O)O)c1. The maximum absolute atomic E-state index is 11.5. The molecule has 0 spiro atoms. The number of hydrogen-bond donors (Lipinski definition) is 2. The molecule has 0 aliphatic heterocycles. The maximum atomic E-state index is 11.5. The van der Waals surface area contributed by atoms with E-state index in [4.69, 9.17) is 5.11 Å². The summed E-state index contributed by atoms with van der Waals surface area (Å²) in [7, 11) is 0. The molecule has 4 nitrogen and oxygen atoms in total. The van der Waals surface area contributed by atoms with Crippen LogP contribution < -0.4 is 5.32 Å². The summed E-state index contributed by atoms with van der Waals surface area (Å²) >= 11 is 1.65. The highest BCUT2D eigenvalue weighted by Crippen LogP contribution is 2.06. The Morgan fingerprint density at radius 1 is 1.35 bits per heavy atom. The highest BCUT2D eigenvalue weighted by Gasteiger charge is 2.04. The van der Waals surface area contributed by atoms with Crippen molar-refractivity contribution in [3.63, 3.8) is 0 Å². The monoisotopic (exact) mass is 295 g/mol. The lowest BCUT2D eigenvalue weighted by molar-refractivity contribution is -0.118. The van der Waals surface area contributed by atoms with Gasteiger partial charge in [0.2, 0.25) is 5.91 Å². The van der Waals surface area contributed by atoms with Gasteiger partial charge in [0, 0.05) is 6.54 Å². The first-order chi connectivity index (χ1) is 9.63. The largest absolute Gasteiger partial charge is 0.478 e. The Balaban J connectivity index is 2.25. The van der Waals surface area contributed by atoms with Crippen molar-refractivity contribution in [3.8, 4) is 0 Å². The molecule has 0 aliphatic rings. The van der Waals surface area contributed by atoms with Gasteiger partial charge in [-0.15, -0.1) is 0 Å². The lowest BCUT2D eigenvalue weighted by Crippen LogP contribution is -2.27. The molecule has 0 saturated carbocycles. The molecule has 110 valence electrons. The van der Waals surface area contributed by atoms with Crippen LogP contribution in [0.5, 0.6) is 0 Å². The Morgan fingerprint density at radius 2 is 2.15 bits per heavy atom. The molecular formula is C15H21NO3S. The van der Waals surface area contributed by atoms with Gasteiger partial charge in [0.15, 0.2) is 0 Å². The summed E-state index contributed by atoms with van der Waals surface area (Å²) in [4.78, 5) is 22.4. The van der Waals surface area contributed by atoms with Gasteiger partial charge < -0.3 is 10.4 Å². The molecule has 1 aromatic rings. The zero-order valence-electron chi connectivity index (χ0n) is 11.7. The van der Waals surface area contributed by atoms with E-state index in [1.54, 1.807) is 30.0 Å². The number of unbranched alkanes of at least 4 members (excludes halogenated alkanes) is 1. The number of amides is 1. The fraction of sp³-hybridized carbons (Fsp3) is 0.467. The number of carbonyl (C=O) groups excluding carboxylic acids is 1. The molecule has 0 fully saturated rings. The van der Waals surface area contributed by atoms with Crippen molar-refractivity contribution in [1.82, 2.24) is 5.32 Å². The summed E-state index contributed by atoms with van der Waals surface area (Å²) in [6, 6.07) is 6.80. The van der Waals surface area contributed by atoms with Crippen molar-refractivity contribution in [2.45, 2.75) is 26.2 Å². The first kappa shape index (κ1) is 16.6. The van der Waals surface area contributed by atoms with Crippen LogP contribution >= 0.6 is 11.8 Å². The number of rotatable bonds is 9. The van der Waals surface area contributed by atoms with Gasteiger partial charge >= 0.3 is 5.97 Å². The molecule has 0 saturated heterocycles. The van der Waals surface area contributed by atoms with Gasteiger partial charge in [-0.3, -0.25) is 4.79 Å². The summed E-state index contributed by atoms with van der Waals surface area (Å²) in [5.74, 6) is 0.628. The molecule has 1 aromatic carbocycles. The van der Waals surface area contributed by atoms with E-state index in [2.05, 4.69) is 12.2 Å². The Labute approximate surface area is 124 Å². The number of carbonyl (C=O) groups is 2. The molecule has 1 amide bonds. The Morgan fingerprint density at radius 3 is 2.85 bits per heavy atom. The van der Waals surface area contributed by atoms with Crippen LogP contribution in [0, 0.1) is 0 Å². The Kier molecular flexibility index (Phi) is 7.80. The van der Waals surface area contributed by atoms with Gasteiger partial charge in [0.1, 0.15) is 0 Å². The van der Waals surface area contributed by atoms with E-state index < -0.39 is 5.97 Å². The predicted molar refractivity (Wildman–Crippen MR) is 82.3 cm³/mol. The average Bonchev–Trinajstić information content (AvgIpc) is 2.44. The smallest absolute Gasteiger partial charge is 0.335 e. The minimum Gasteiger partial charge on any atom is -0.478 e. The second kappa shape index (κ2) is 9.42. The third-order valence-corrected chi connectivity index (χ3v) is 3.83. The van der Waals surface area contributed by atoms with Crippen LogP contribution in [0.4, 0.5) is 0 Å². The molecule has 0 heterocycles. The molecule has 2 N–H and O–H groups in total. The van der Waals surface area contributed by atoms with E-state index in [0.29, 0.717) is 18.7 Å². The van der Waals surface area contributed by atoms with Crippen molar-refractivity contribution in [1.29, 1.82) is 0 Å². The van der Waals surface area contributed by atoms with Crippen molar-refractivity contribution >= 4 is 23.6 Å². The highest BCUT2D eigenvalue weighted by molar-refractivity contribution is 7.99. The van der Waals surface area contributed by atoms with Crippen LogP contribution in [-0.2, 0) is 11.2 Å². The van der Waals surface area contributed by atoms with Gasteiger partial charge in [-0.1, -0.05) is 25.5 Å². The van der Waals surface area contributed by atoms with Gasteiger partial charge in [0.25, 0.3) is 0 Å². The Bertz CT molecular complexity index is 448. The van der Waals surface area contributed by atoms with E-state index in [0.717, 1.165) is 24.2 Å². The van der Waals surface area contributed by atoms with Gasteiger partial charge in [-0.2, -0.15) is 11.8 Å². The van der Waals surface area contributed by atoms with Crippen molar-refractivity contribution in [2.24, 2.45) is 0 Å². The molecule has 0 radical (unpaired) electrons. The predicted octanol–water partition coefficient (Wildman–Crippen LogP) is 2.58. The van der Waals surface area contributed by atoms with E-state index in [1.807, 2.05) is 6.07 Å². The first-order valence-corrected chi connectivity index (χ1v) is 7.95. The average molecular weight is 295 g/mol. The molecule has 0 aromatic heterocycles. The number of thioether (sulfide) groups is 1. The second-order valence-electron chi connectivity index (χ2n) is 4.51. The quantitative estimate of drug-likeness (QED) is 0.687. The first-order valence-electron chi connectivity index (χ1n) is 6.80. The van der Waals surface area contributed by atoms with Gasteiger partial charge in [-0.05, 0) is 36.3 Å². The van der Waals surface area contributed by atoms with Crippen LogP contribution in [0.2, 0.25) is 0 Å². The molecule has 0 bridgehead atoms. The minimum atomic E-state index is -0.928. The molecule has 0 aliphatic carbocycles. The van der Waals surface area contributed by atoms with E-state index in [9.17, 15) is 9.59 Å². The van der Waals surface area contributed by atoms with Crippen LogP contribution in [0.1, 0.15) is 35.7 Å². The molecule has 0 unspecified atom stereocenters. The van der Waals surface area contributed by atoms with Crippen molar-refractivity contribution < 1.29 is 14.7 Å². The minimum absolute atomic E-state index is 0.0421. The molecule has 1 rings (SSSR count). The van der Waals surface area contributed by atoms with Gasteiger partial charge in [0.05, 0.1) is 11.3 Å². The third kappa shape index (κ3) is 6.61. The lowest BCUT2D eigenvalue weighted by atomic mass is 10.1. The normalized spacial score (nSPS) is 10.2. The zero-order chi connectivity index (χ0) is 14.8. The number of benzene rings is 1. The summed E-state index contributed by atoms with van der Waals surface area (Å²) in [6.45, 7) is 2.67. The lowest BCUT2D eigenvalue weighted by Gasteiger charge is -2.06. The van der Waals surface area contributed by atoms with Crippen LogP contribution in [-0.4, -0.2) is 35.0 Å². The van der Waals surface area contributed by atoms with Crippen molar-refractivity contribution in [2.75, 3.05) is 18.1 Å². The summed E-state index contributed by atoms with van der Waals surface area (Å²) in [5, 5.41) is 11.7. The van der Waals surface area contributed by atoms with E-state index in [1.165, 1.54) is 0 Å². The topological polar surface area (TPSA) is 66.4 Å². The summed E-state index contributed by atoms with van der Waals surface area (Å²) in [5.41, 5.74) is 1.20. The Hall–Kier alpha value is -1.49. The van der Waals surface area contributed by atoms with Crippen LogP contribution in [0.3, 0.4) is 0 Å². The molecule has 5 heteroatoms. The maximum Gasteiger partial charge on any atom is 0.335 e. The zero-order valence-corrected chi connectivity index (χ0v) is 12.5. The van der Waals surface area contributed by atoms with E-state index in [-0.39, 0.29) is 11.5 Å². The standard InChI is InChI=1S/C15H21NO3S/c1-2-3-9-20-11-14(17)16-8-7-12-5-4-6-13(10-12)15(18)19/h4-6,10H,2-3,7-9,11H2,1H3,(H,16,17)(H,18,19). The van der Waals surface area contributed by atoms with Gasteiger partial charge in [-0.25, -0.2) is 4.79 Å². The number of nitrogens with one attached hydrogen (secondary N) is 1. The molecular weight excluding hydrogens is 274 g/mol. The van der Waals surface area contributed by atoms with Crippen LogP contribution in [0.15, 0.2) is 24.3 Å². The fourth-order valence-electron chi connectivity index (χ4n) is 1.67. The van der Waals surface area contributed by atoms with E-state index >= 15 is 0 Å². The number of aromatic carboxylic acids is 1. The third-order valence-electron chi connectivity index (χ3n) is 2.79.